The van der Waals surface area contributed by atoms with Gasteiger partial charge in [-0.1, -0.05) is 13.0 Å². The number of aryl methyl sites for hydroxylation is 1. The van der Waals surface area contributed by atoms with Crippen molar-refractivity contribution in [3.8, 4) is 5.75 Å². The Morgan fingerprint density at radius 3 is 2.86 bits per heavy atom. The van der Waals surface area contributed by atoms with E-state index in [1.807, 2.05) is 12.1 Å². The number of carbonyl (C=O) groups excluding carboxylic acids is 1. The molecule has 2 aliphatic rings. The predicted molar refractivity (Wildman–Crippen MR) is 84.5 cm³/mol. The van der Waals surface area contributed by atoms with Crippen molar-refractivity contribution in [3.63, 3.8) is 0 Å². The lowest BCUT2D eigenvalue weighted by Crippen LogP contribution is -2.35. The Morgan fingerprint density at radius 1 is 1.29 bits per heavy atom. The fourth-order valence-electron chi connectivity index (χ4n) is 4.75. The molecule has 0 radical (unpaired) electrons. The lowest BCUT2D eigenvalue weighted by Gasteiger charge is -2.45. The maximum absolute atomic E-state index is 11.4. The van der Waals surface area contributed by atoms with Crippen LogP contribution in [-0.2, 0) is 11.2 Å². The number of hydrogen-bond donors (Lipinski definition) is 1. The minimum Gasteiger partial charge on any atom is -0.508 e. The van der Waals surface area contributed by atoms with Crippen LogP contribution in [0.4, 0.5) is 0 Å². The maximum atomic E-state index is 11.4. The van der Waals surface area contributed by atoms with Crippen LogP contribution in [0.1, 0.15) is 63.0 Å². The SMILES string of the molecule is CC(=O)CCC1C2CCc3cc(O)ccc3C2CC[C@H]1C. The Hall–Kier alpha value is -1.31. The van der Waals surface area contributed by atoms with Gasteiger partial charge in [0.15, 0.2) is 0 Å². The summed E-state index contributed by atoms with van der Waals surface area (Å²) in [5, 5.41) is 9.69. The molecule has 1 aromatic carbocycles. The Balaban J connectivity index is 1.84. The Kier molecular flexibility index (Phi) is 4.05. The number of phenols is 1. The Labute approximate surface area is 127 Å². The van der Waals surface area contributed by atoms with Crippen LogP contribution in [0.5, 0.6) is 5.75 Å². The highest BCUT2D eigenvalue weighted by atomic mass is 16.3. The van der Waals surface area contributed by atoms with E-state index < -0.39 is 0 Å². The summed E-state index contributed by atoms with van der Waals surface area (Å²) in [5.74, 6) is 3.52. The van der Waals surface area contributed by atoms with Gasteiger partial charge >= 0.3 is 0 Å². The molecule has 3 unspecified atom stereocenters. The normalized spacial score (nSPS) is 31.3. The van der Waals surface area contributed by atoms with Crippen molar-refractivity contribution in [1.82, 2.24) is 0 Å². The number of carbonyl (C=O) groups is 1. The zero-order valence-electron chi connectivity index (χ0n) is 13.1. The fraction of sp³-hybridized carbons (Fsp3) is 0.632. The molecule has 2 aliphatic carbocycles. The van der Waals surface area contributed by atoms with Crippen LogP contribution < -0.4 is 0 Å². The summed E-state index contributed by atoms with van der Waals surface area (Å²) in [6.07, 6.45) is 6.62. The first-order valence-corrected chi connectivity index (χ1v) is 8.37. The molecule has 0 saturated heterocycles. The lowest BCUT2D eigenvalue weighted by atomic mass is 9.59. The van der Waals surface area contributed by atoms with Crippen LogP contribution in [0.2, 0.25) is 0 Å². The molecule has 21 heavy (non-hydrogen) atoms. The van der Waals surface area contributed by atoms with E-state index in [9.17, 15) is 9.90 Å². The minimum absolute atomic E-state index is 0.324. The van der Waals surface area contributed by atoms with Gasteiger partial charge in [-0.2, -0.15) is 0 Å². The molecule has 0 heterocycles. The van der Waals surface area contributed by atoms with E-state index in [0.717, 1.165) is 31.1 Å². The number of benzene rings is 1. The molecule has 1 N–H and O–H groups in total. The fourth-order valence-corrected chi connectivity index (χ4v) is 4.75. The van der Waals surface area contributed by atoms with Crippen molar-refractivity contribution in [2.75, 3.05) is 0 Å². The second kappa shape index (κ2) is 5.82. The van der Waals surface area contributed by atoms with Crippen molar-refractivity contribution < 1.29 is 9.90 Å². The van der Waals surface area contributed by atoms with Crippen molar-refractivity contribution in [1.29, 1.82) is 0 Å². The molecule has 1 saturated carbocycles. The third-order valence-corrected chi connectivity index (χ3v) is 5.83. The standard InChI is InChI=1S/C19H26O2/c1-12-3-7-19-17-10-6-15(21)11-14(17)5-9-18(19)16(12)8-4-13(2)20/h6,10-12,16,18-19,21H,3-5,7-9H2,1-2H3/t12-,16?,18?,19?/m1/s1. The molecule has 0 aliphatic heterocycles. The molecule has 114 valence electrons. The van der Waals surface area contributed by atoms with Crippen molar-refractivity contribution >= 4 is 5.78 Å². The zero-order valence-corrected chi connectivity index (χ0v) is 13.1. The molecule has 1 aromatic rings. The van der Waals surface area contributed by atoms with E-state index in [2.05, 4.69) is 13.0 Å². The molecule has 2 nitrogen and oxygen atoms in total. The van der Waals surface area contributed by atoms with Gasteiger partial charge in [-0.3, -0.25) is 0 Å². The first kappa shape index (κ1) is 14.6. The Morgan fingerprint density at radius 2 is 2.10 bits per heavy atom. The van der Waals surface area contributed by atoms with Gasteiger partial charge in [0.2, 0.25) is 0 Å². The van der Waals surface area contributed by atoms with Gasteiger partial charge in [-0.25, -0.2) is 0 Å². The summed E-state index contributed by atoms with van der Waals surface area (Å²) in [7, 11) is 0. The number of hydrogen-bond acceptors (Lipinski definition) is 2. The second-order valence-corrected chi connectivity index (χ2v) is 7.15. The van der Waals surface area contributed by atoms with E-state index in [4.69, 9.17) is 0 Å². The van der Waals surface area contributed by atoms with E-state index >= 15 is 0 Å². The second-order valence-electron chi connectivity index (χ2n) is 7.15. The molecule has 0 bridgehead atoms. The highest BCUT2D eigenvalue weighted by Crippen LogP contribution is 2.51. The predicted octanol–water partition coefficient (Wildman–Crippen LogP) is 4.45. The quantitative estimate of drug-likeness (QED) is 0.891. The number of Topliss-reactive ketones (excluding diaryl/α,β-unsaturated/α-hetero) is 1. The topological polar surface area (TPSA) is 37.3 Å². The van der Waals surface area contributed by atoms with Crippen molar-refractivity contribution in [2.24, 2.45) is 17.8 Å². The van der Waals surface area contributed by atoms with Gasteiger partial charge in [0, 0.05) is 6.42 Å². The van der Waals surface area contributed by atoms with Gasteiger partial charge in [-0.15, -0.1) is 0 Å². The third-order valence-electron chi connectivity index (χ3n) is 5.83. The average molecular weight is 286 g/mol. The molecule has 0 amide bonds. The number of ketones is 1. The number of rotatable bonds is 3. The lowest BCUT2D eigenvalue weighted by molar-refractivity contribution is -0.117. The van der Waals surface area contributed by atoms with E-state index in [-0.39, 0.29) is 0 Å². The van der Waals surface area contributed by atoms with Gasteiger partial charge in [0.25, 0.3) is 0 Å². The highest BCUT2D eigenvalue weighted by Gasteiger charge is 2.40. The van der Waals surface area contributed by atoms with Gasteiger partial charge < -0.3 is 9.90 Å². The van der Waals surface area contributed by atoms with Gasteiger partial charge in [-0.05, 0) is 86.0 Å². The van der Waals surface area contributed by atoms with Crippen molar-refractivity contribution in [3.05, 3.63) is 29.3 Å². The first-order chi connectivity index (χ1) is 10.1. The molecular weight excluding hydrogens is 260 g/mol. The molecule has 0 aromatic heterocycles. The smallest absolute Gasteiger partial charge is 0.129 e. The molecule has 3 rings (SSSR count). The van der Waals surface area contributed by atoms with E-state index in [1.165, 1.54) is 30.4 Å². The largest absolute Gasteiger partial charge is 0.508 e. The van der Waals surface area contributed by atoms with E-state index in [1.54, 1.807) is 6.92 Å². The molecule has 2 heteroatoms. The van der Waals surface area contributed by atoms with Gasteiger partial charge in [0.1, 0.15) is 11.5 Å². The molecule has 4 atom stereocenters. The van der Waals surface area contributed by atoms with Crippen LogP contribution in [0.15, 0.2) is 18.2 Å². The zero-order chi connectivity index (χ0) is 15.0. The summed E-state index contributed by atoms with van der Waals surface area (Å²) in [4.78, 5) is 11.4. The van der Waals surface area contributed by atoms with E-state index in [0.29, 0.717) is 23.4 Å². The molecular formula is C19H26O2. The van der Waals surface area contributed by atoms with Crippen LogP contribution >= 0.6 is 0 Å². The number of phenolic OH excluding ortho intramolecular Hbond substituents is 1. The highest BCUT2D eigenvalue weighted by molar-refractivity contribution is 5.75. The first-order valence-electron chi connectivity index (χ1n) is 8.37. The summed E-state index contributed by atoms with van der Waals surface area (Å²) >= 11 is 0. The van der Waals surface area contributed by atoms with Crippen LogP contribution in [-0.4, -0.2) is 10.9 Å². The van der Waals surface area contributed by atoms with Gasteiger partial charge in [0.05, 0.1) is 0 Å². The van der Waals surface area contributed by atoms with Crippen molar-refractivity contribution in [2.45, 2.75) is 58.3 Å². The summed E-state index contributed by atoms with van der Waals surface area (Å²) in [6, 6.07) is 5.93. The number of aromatic hydroxyl groups is 1. The summed E-state index contributed by atoms with van der Waals surface area (Å²) < 4.78 is 0. The van der Waals surface area contributed by atoms with Crippen LogP contribution in [0.3, 0.4) is 0 Å². The average Bonchev–Trinajstić information content (AvgIpc) is 2.45. The molecule has 0 spiro atoms. The molecule has 1 fully saturated rings. The summed E-state index contributed by atoms with van der Waals surface area (Å²) in [5.41, 5.74) is 2.81. The monoisotopic (exact) mass is 286 g/mol. The maximum Gasteiger partial charge on any atom is 0.129 e. The summed E-state index contributed by atoms with van der Waals surface area (Å²) in [6.45, 7) is 4.08. The Bertz CT molecular complexity index is 534. The number of fused-ring (bicyclic) bond motifs is 3. The van der Waals surface area contributed by atoms with Crippen LogP contribution in [0.25, 0.3) is 0 Å². The minimum atomic E-state index is 0.324. The van der Waals surface area contributed by atoms with Crippen LogP contribution in [0, 0.1) is 17.8 Å². The third kappa shape index (κ3) is 2.86.